The van der Waals surface area contributed by atoms with Gasteiger partial charge in [-0.3, -0.25) is 9.59 Å². The van der Waals surface area contributed by atoms with Gasteiger partial charge in [0.25, 0.3) is 0 Å². The van der Waals surface area contributed by atoms with Crippen LogP contribution >= 0.6 is 0 Å². The van der Waals surface area contributed by atoms with Gasteiger partial charge in [0.1, 0.15) is 0 Å². The Bertz CT molecular complexity index is 2250. The van der Waals surface area contributed by atoms with E-state index in [1.807, 2.05) is 24.3 Å². The fourth-order valence-electron chi connectivity index (χ4n) is 8.32. The molecule has 9 rings (SSSR count). The Morgan fingerprint density at radius 3 is 2.63 bits per heavy atom. The van der Waals surface area contributed by atoms with Gasteiger partial charge in [-0.1, -0.05) is 105 Å². The number of ketones is 2. The van der Waals surface area contributed by atoms with Crippen LogP contribution < -0.4 is 4.90 Å². The molecule has 3 heteroatoms. The van der Waals surface area contributed by atoms with Crippen molar-refractivity contribution in [3.05, 3.63) is 165 Å². The van der Waals surface area contributed by atoms with E-state index in [0.717, 1.165) is 29.4 Å². The molecule has 1 atom stereocenters. The summed E-state index contributed by atoms with van der Waals surface area (Å²) >= 11 is 0. The Morgan fingerprint density at radius 2 is 1.72 bits per heavy atom. The van der Waals surface area contributed by atoms with Crippen LogP contribution in [-0.4, -0.2) is 11.6 Å². The van der Waals surface area contributed by atoms with E-state index < -0.39 is 0 Å². The number of aryl methyl sites for hydroxylation is 1. The number of nitrogens with zero attached hydrogens (tertiary/aromatic N) is 1. The Balaban J connectivity index is 1.16. The minimum absolute atomic E-state index is 0.127. The van der Waals surface area contributed by atoms with Crippen LogP contribution in [0.25, 0.3) is 22.5 Å². The second kappa shape index (κ2) is 9.86. The molecule has 5 aliphatic rings. The second-order valence-corrected chi connectivity index (χ2v) is 13.5. The molecule has 1 unspecified atom stereocenters. The number of hydrogen-bond acceptors (Lipinski definition) is 3. The lowest BCUT2D eigenvalue weighted by molar-refractivity contribution is -0.115. The van der Waals surface area contributed by atoms with Crippen molar-refractivity contribution in [1.82, 2.24) is 0 Å². The third kappa shape index (κ3) is 3.84. The van der Waals surface area contributed by atoms with Gasteiger partial charge in [-0.2, -0.15) is 0 Å². The molecule has 46 heavy (non-hydrogen) atoms. The summed E-state index contributed by atoms with van der Waals surface area (Å²) in [5.41, 5.74) is 12.1. The highest BCUT2D eigenvalue weighted by atomic mass is 16.2. The Kier molecular flexibility index (Phi) is 5.80. The van der Waals surface area contributed by atoms with Gasteiger partial charge < -0.3 is 4.90 Å². The zero-order valence-corrected chi connectivity index (χ0v) is 26.0. The number of carbonyl (C=O) groups excluding carboxylic acids is 2. The largest absolute Gasteiger partial charge is 0.310 e. The summed E-state index contributed by atoms with van der Waals surface area (Å²) in [4.78, 5) is 29.5. The molecule has 0 amide bonds. The Hall–Kier alpha value is -5.28. The molecule has 0 N–H and O–H groups in total. The van der Waals surface area contributed by atoms with E-state index in [1.165, 1.54) is 44.7 Å². The molecule has 0 saturated heterocycles. The molecular weight excluding hydrogens is 562 g/mol. The fourth-order valence-corrected chi connectivity index (χ4v) is 8.32. The average molecular weight is 596 g/mol. The van der Waals surface area contributed by atoms with Gasteiger partial charge in [0, 0.05) is 33.7 Å². The number of fused-ring (bicyclic) bond motifs is 6. The van der Waals surface area contributed by atoms with E-state index in [2.05, 4.69) is 110 Å². The first-order valence-corrected chi connectivity index (χ1v) is 16.3. The highest BCUT2D eigenvalue weighted by Gasteiger charge is 2.40. The van der Waals surface area contributed by atoms with Crippen molar-refractivity contribution in [1.29, 1.82) is 0 Å². The lowest BCUT2D eigenvalue weighted by Gasteiger charge is -2.44. The number of Topliss-reactive ketones (excluding diaryl/α,β-unsaturated/α-hetero) is 2. The monoisotopic (exact) mass is 595 g/mol. The molecule has 0 bridgehead atoms. The maximum atomic E-state index is 13.5. The van der Waals surface area contributed by atoms with Crippen LogP contribution in [0, 0.1) is 5.92 Å². The maximum Gasteiger partial charge on any atom is 0.197 e. The van der Waals surface area contributed by atoms with Crippen molar-refractivity contribution in [2.45, 2.75) is 38.5 Å². The van der Waals surface area contributed by atoms with Crippen LogP contribution in [0.2, 0.25) is 0 Å². The van der Waals surface area contributed by atoms with E-state index in [4.69, 9.17) is 0 Å². The van der Waals surface area contributed by atoms with Crippen molar-refractivity contribution in [3.8, 4) is 0 Å². The molecule has 1 aliphatic heterocycles. The standard InChI is InChI=1S/C43H33NO2/c1-43(2)36-15-7-8-16-38(36)44(37-17-9-13-27-10-5-6-14-31(27)37)39-21-19-30-22-26(18-20-32(30)40(39)43)23-35-41(45)33-24-28-11-3-4-12-29(28)25-34(33)42(35)46/h3-8,10-12,14-24,29H,9,13,25H2,1-2H3/b35-23-. The van der Waals surface area contributed by atoms with Crippen LogP contribution in [0.4, 0.5) is 11.4 Å². The van der Waals surface area contributed by atoms with E-state index >= 15 is 0 Å². The summed E-state index contributed by atoms with van der Waals surface area (Å²) in [6, 6.07) is 28.4. The predicted molar refractivity (Wildman–Crippen MR) is 187 cm³/mol. The van der Waals surface area contributed by atoms with Crippen LogP contribution in [0.15, 0.2) is 138 Å². The van der Waals surface area contributed by atoms with E-state index in [0.29, 0.717) is 17.6 Å². The summed E-state index contributed by atoms with van der Waals surface area (Å²) in [5, 5.41) is 2.28. The highest BCUT2D eigenvalue weighted by molar-refractivity contribution is 6.41. The summed E-state index contributed by atoms with van der Waals surface area (Å²) in [6.07, 6.45) is 16.9. The molecule has 1 heterocycles. The minimum Gasteiger partial charge on any atom is -0.310 e. The lowest BCUT2D eigenvalue weighted by Crippen LogP contribution is -2.33. The first-order chi connectivity index (χ1) is 22.4. The van der Waals surface area contributed by atoms with Gasteiger partial charge in [-0.15, -0.1) is 0 Å². The van der Waals surface area contributed by atoms with Crippen LogP contribution in [-0.2, 0) is 21.4 Å². The molecule has 4 aromatic rings. The van der Waals surface area contributed by atoms with Crippen molar-refractivity contribution in [2.75, 3.05) is 4.90 Å². The van der Waals surface area contributed by atoms with Crippen LogP contribution in [0.5, 0.6) is 0 Å². The first-order valence-electron chi connectivity index (χ1n) is 16.3. The van der Waals surface area contributed by atoms with Gasteiger partial charge in [0.15, 0.2) is 11.6 Å². The van der Waals surface area contributed by atoms with Gasteiger partial charge in [-0.25, -0.2) is 0 Å². The van der Waals surface area contributed by atoms with Gasteiger partial charge in [0.05, 0.1) is 16.9 Å². The third-order valence-corrected chi connectivity index (χ3v) is 10.5. The van der Waals surface area contributed by atoms with Crippen LogP contribution in [0.1, 0.15) is 54.5 Å². The molecule has 0 fully saturated rings. The summed E-state index contributed by atoms with van der Waals surface area (Å²) in [7, 11) is 0. The fraction of sp³-hybridized carbons (Fsp3) is 0.163. The van der Waals surface area contributed by atoms with E-state index in [-0.39, 0.29) is 28.5 Å². The topological polar surface area (TPSA) is 37.4 Å². The van der Waals surface area contributed by atoms with Crippen molar-refractivity contribution in [2.24, 2.45) is 5.92 Å². The number of carbonyl (C=O) groups is 2. The summed E-state index contributed by atoms with van der Waals surface area (Å²) in [6.45, 7) is 4.65. The normalized spacial score (nSPS) is 21.5. The number of allylic oxidation sites excluding steroid dienone is 10. The highest BCUT2D eigenvalue weighted by Crippen LogP contribution is 2.54. The van der Waals surface area contributed by atoms with Crippen molar-refractivity contribution < 1.29 is 9.59 Å². The predicted octanol–water partition coefficient (Wildman–Crippen LogP) is 9.51. The smallest absolute Gasteiger partial charge is 0.197 e. The van der Waals surface area contributed by atoms with E-state index in [1.54, 1.807) is 6.08 Å². The van der Waals surface area contributed by atoms with Crippen molar-refractivity contribution in [3.63, 3.8) is 0 Å². The van der Waals surface area contributed by atoms with Gasteiger partial charge in [0.2, 0.25) is 0 Å². The molecular formula is C43H33NO2. The van der Waals surface area contributed by atoms with Crippen LogP contribution in [0.3, 0.4) is 0 Å². The summed E-state index contributed by atoms with van der Waals surface area (Å²) < 4.78 is 0. The zero-order chi connectivity index (χ0) is 31.2. The quantitative estimate of drug-likeness (QED) is 0.171. The first kappa shape index (κ1) is 27.1. The molecule has 3 nitrogen and oxygen atoms in total. The SMILES string of the molecule is CC1(C)c2ccccc2N(C2=CCCc3ccccc32)c2ccc3cc(/C=C4/C(=O)C5=C(CC6C=CC=CC6=C5)C4=O)ccc3c21. The Morgan fingerprint density at radius 1 is 0.870 bits per heavy atom. The van der Waals surface area contributed by atoms with Gasteiger partial charge in [-0.05, 0) is 88.2 Å². The third-order valence-electron chi connectivity index (χ3n) is 10.5. The summed E-state index contributed by atoms with van der Waals surface area (Å²) in [5.74, 6) is -0.121. The zero-order valence-electron chi connectivity index (χ0n) is 26.0. The average Bonchev–Trinajstić information content (AvgIpc) is 3.31. The second-order valence-electron chi connectivity index (χ2n) is 13.5. The number of para-hydroxylation sites is 1. The Labute approximate surface area is 269 Å². The molecule has 0 saturated carbocycles. The number of hydrogen-bond donors (Lipinski definition) is 0. The molecule has 4 aliphatic carbocycles. The minimum atomic E-state index is -0.246. The van der Waals surface area contributed by atoms with E-state index in [9.17, 15) is 9.59 Å². The number of rotatable bonds is 2. The number of anilines is 2. The number of benzene rings is 4. The molecule has 4 aromatic carbocycles. The maximum absolute atomic E-state index is 13.5. The molecule has 0 radical (unpaired) electrons. The van der Waals surface area contributed by atoms with Gasteiger partial charge >= 0.3 is 0 Å². The molecule has 0 spiro atoms. The molecule has 0 aromatic heterocycles. The molecule has 222 valence electrons. The lowest BCUT2D eigenvalue weighted by atomic mass is 9.71. The van der Waals surface area contributed by atoms with Crippen molar-refractivity contribution >= 4 is 45.5 Å².